The van der Waals surface area contributed by atoms with Gasteiger partial charge in [-0.05, 0) is 50.3 Å². The highest BCUT2D eigenvalue weighted by atomic mass is 16.6. The van der Waals surface area contributed by atoms with Gasteiger partial charge in [-0.15, -0.1) is 0 Å². The number of hydrogen-bond donors (Lipinski definition) is 1. The van der Waals surface area contributed by atoms with Crippen LogP contribution in [0.3, 0.4) is 0 Å². The molecule has 0 aromatic heterocycles. The van der Waals surface area contributed by atoms with E-state index in [1.165, 1.54) is 18.9 Å². The standard InChI is InChI=1S/C22H26O4/c1-2-25-20-15-21(24)26-22(16-20,18-10-3-4-11-18)13-6-5-8-17-9-7-12-19(23)14-17/h7,9,12,14-15,18,23H,2-4,6,10-11,13,16H2,1H3. The third-order valence-electron chi connectivity index (χ3n) is 5.24. The van der Waals surface area contributed by atoms with Crippen LogP contribution in [0, 0.1) is 17.8 Å². The fourth-order valence-corrected chi connectivity index (χ4v) is 4.07. The molecule has 4 nitrogen and oxygen atoms in total. The zero-order chi connectivity index (χ0) is 18.4. The van der Waals surface area contributed by atoms with Crippen LogP contribution in [0.15, 0.2) is 36.1 Å². The molecule has 0 radical (unpaired) electrons. The molecule has 1 N–H and O–H groups in total. The Balaban J connectivity index is 1.73. The third-order valence-corrected chi connectivity index (χ3v) is 5.24. The van der Waals surface area contributed by atoms with Crippen molar-refractivity contribution in [2.45, 2.75) is 57.5 Å². The van der Waals surface area contributed by atoms with Crippen LogP contribution in [-0.4, -0.2) is 23.3 Å². The summed E-state index contributed by atoms with van der Waals surface area (Å²) in [6.07, 6.45) is 8.03. The summed E-state index contributed by atoms with van der Waals surface area (Å²) in [4.78, 5) is 12.2. The molecule has 2 aliphatic rings. The molecule has 0 spiro atoms. The van der Waals surface area contributed by atoms with Gasteiger partial charge >= 0.3 is 5.97 Å². The second-order valence-electron chi connectivity index (χ2n) is 7.04. The van der Waals surface area contributed by atoms with Gasteiger partial charge in [-0.1, -0.05) is 30.7 Å². The molecule has 1 atom stereocenters. The van der Waals surface area contributed by atoms with Crippen molar-refractivity contribution in [3.63, 3.8) is 0 Å². The van der Waals surface area contributed by atoms with Crippen molar-refractivity contribution in [1.29, 1.82) is 0 Å². The maximum atomic E-state index is 12.2. The average molecular weight is 354 g/mol. The number of hydrogen-bond acceptors (Lipinski definition) is 4. The number of carbonyl (C=O) groups excluding carboxylic acids is 1. The van der Waals surface area contributed by atoms with Gasteiger partial charge in [-0.25, -0.2) is 4.79 Å². The number of phenols is 1. The van der Waals surface area contributed by atoms with Gasteiger partial charge < -0.3 is 14.6 Å². The van der Waals surface area contributed by atoms with Gasteiger partial charge in [0.15, 0.2) is 0 Å². The lowest BCUT2D eigenvalue weighted by atomic mass is 9.78. The smallest absolute Gasteiger partial charge is 0.334 e. The van der Waals surface area contributed by atoms with E-state index in [4.69, 9.17) is 9.47 Å². The van der Waals surface area contributed by atoms with Crippen LogP contribution in [0.5, 0.6) is 5.75 Å². The fourth-order valence-electron chi connectivity index (χ4n) is 4.07. The van der Waals surface area contributed by atoms with E-state index in [9.17, 15) is 9.90 Å². The number of aromatic hydroxyl groups is 1. The summed E-state index contributed by atoms with van der Waals surface area (Å²) >= 11 is 0. The van der Waals surface area contributed by atoms with Crippen LogP contribution in [0.4, 0.5) is 0 Å². The van der Waals surface area contributed by atoms with E-state index >= 15 is 0 Å². The number of carbonyl (C=O) groups is 1. The predicted octanol–water partition coefficient (Wildman–Crippen LogP) is 4.32. The quantitative estimate of drug-likeness (QED) is 0.632. The SMILES string of the molecule is CCOC1=CC(=O)OC(CCC#Cc2cccc(O)c2)(C2CCCC2)C1. The zero-order valence-electron chi connectivity index (χ0n) is 15.3. The van der Waals surface area contributed by atoms with Crippen LogP contribution in [0.2, 0.25) is 0 Å². The first-order valence-corrected chi connectivity index (χ1v) is 9.45. The van der Waals surface area contributed by atoms with E-state index in [0.717, 1.165) is 24.2 Å². The normalized spacial score (nSPS) is 23.0. The summed E-state index contributed by atoms with van der Waals surface area (Å²) in [5, 5.41) is 9.52. The van der Waals surface area contributed by atoms with Gasteiger partial charge in [-0.3, -0.25) is 0 Å². The topological polar surface area (TPSA) is 55.8 Å². The molecule has 26 heavy (non-hydrogen) atoms. The summed E-state index contributed by atoms with van der Waals surface area (Å²) in [6, 6.07) is 6.93. The van der Waals surface area contributed by atoms with Crippen LogP contribution < -0.4 is 0 Å². The lowest BCUT2D eigenvalue weighted by Gasteiger charge is -2.40. The van der Waals surface area contributed by atoms with Gasteiger partial charge in [0.2, 0.25) is 0 Å². The Morgan fingerprint density at radius 3 is 2.88 bits per heavy atom. The van der Waals surface area contributed by atoms with Crippen LogP contribution in [0.1, 0.15) is 57.4 Å². The Kier molecular flexibility index (Phi) is 5.88. The van der Waals surface area contributed by atoms with Crippen LogP contribution in [0.25, 0.3) is 0 Å². The maximum Gasteiger partial charge on any atom is 0.334 e. The number of ether oxygens (including phenoxy) is 2. The summed E-state index contributed by atoms with van der Waals surface area (Å²) in [7, 11) is 0. The van der Waals surface area contributed by atoms with Crippen molar-refractivity contribution < 1.29 is 19.4 Å². The van der Waals surface area contributed by atoms with Gasteiger partial charge in [-0.2, -0.15) is 0 Å². The first-order valence-electron chi connectivity index (χ1n) is 9.45. The Labute approximate surface area is 155 Å². The minimum atomic E-state index is -0.500. The van der Waals surface area contributed by atoms with E-state index in [1.807, 2.05) is 13.0 Å². The van der Waals surface area contributed by atoms with Gasteiger partial charge in [0, 0.05) is 18.4 Å². The Morgan fingerprint density at radius 1 is 1.35 bits per heavy atom. The Morgan fingerprint density at radius 2 is 2.15 bits per heavy atom. The number of cyclic esters (lactones) is 1. The van der Waals surface area contributed by atoms with Gasteiger partial charge in [0.25, 0.3) is 0 Å². The summed E-state index contributed by atoms with van der Waals surface area (Å²) in [6.45, 7) is 2.48. The highest BCUT2D eigenvalue weighted by molar-refractivity contribution is 5.84. The van der Waals surface area contributed by atoms with Crippen molar-refractivity contribution >= 4 is 5.97 Å². The van der Waals surface area contributed by atoms with E-state index in [2.05, 4.69) is 11.8 Å². The second-order valence-corrected chi connectivity index (χ2v) is 7.04. The molecule has 138 valence electrons. The predicted molar refractivity (Wildman–Crippen MR) is 99.3 cm³/mol. The first kappa shape index (κ1) is 18.4. The van der Waals surface area contributed by atoms with Gasteiger partial charge in [0.1, 0.15) is 17.1 Å². The lowest BCUT2D eigenvalue weighted by Crippen LogP contribution is -2.44. The molecular weight excluding hydrogens is 328 g/mol. The molecule has 1 saturated carbocycles. The molecule has 0 bridgehead atoms. The summed E-state index contributed by atoms with van der Waals surface area (Å²) in [5.74, 6) is 7.28. The Bertz CT molecular complexity index is 734. The summed E-state index contributed by atoms with van der Waals surface area (Å²) in [5.41, 5.74) is 0.288. The summed E-state index contributed by atoms with van der Waals surface area (Å²) < 4.78 is 11.6. The fraction of sp³-hybridized carbons (Fsp3) is 0.500. The molecule has 1 aromatic carbocycles. The zero-order valence-corrected chi connectivity index (χ0v) is 15.3. The molecule has 4 heteroatoms. The minimum Gasteiger partial charge on any atom is -0.508 e. The van der Waals surface area contributed by atoms with Crippen molar-refractivity contribution in [3.05, 3.63) is 41.7 Å². The van der Waals surface area contributed by atoms with Crippen molar-refractivity contribution in [3.8, 4) is 17.6 Å². The monoisotopic (exact) mass is 354 g/mol. The number of phenolic OH excluding ortho intramolecular Hbond substituents is 1. The van der Waals surface area contributed by atoms with Crippen molar-refractivity contribution in [2.24, 2.45) is 5.92 Å². The van der Waals surface area contributed by atoms with E-state index < -0.39 is 5.60 Å². The van der Waals surface area contributed by atoms with E-state index in [0.29, 0.717) is 31.8 Å². The average Bonchev–Trinajstić information content (AvgIpc) is 3.14. The van der Waals surface area contributed by atoms with Crippen LogP contribution >= 0.6 is 0 Å². The largest absolute Gasteiger partial charge is 0.508 e. The molecule has 1 unspecified atom stereocenters. The lowest BCUT2D eigenvalue weighted by molar-refractivity contribution is -0.165. The van der Waals surface area contributed by atoms with Crippen molar-refractivity contribution in [2.75, 3.05) is 6.61 Å². The van der Waals surface area contributed by atoms with E-state index in [-0.39, 0.29) is 11.7 Å². The molecule has 1 fully saturated rings. The minimum absolute atomic E-state index is 0.215. The Hall–Kier alpha value is -2.41. The van der Waals surface area contributed by atoms with Gasteiger partial charge in [0.05, 0.1) is 12.7 Å². The molecule has 0 saturated heterocycles. The number of rotatable bonds is 5. The van der Waals surface area contributed by atoms with Crippen LogP contribution in [-0.2, 0) is 14.3 Å². The second kappa shape index (κ2) is 8.31. The van der Waals surface area contributed by atoms with E-state index in [1.54, 1.807) is 18.2 Å². The third kappa shape index (κ3) is 4.40. The maximum absolute atomic E-state index is 12.2. The highest BCUT2D eigenvalue weighted by Gasteiger charge is 2.46. The number of benzene rings is 1. The highest BCUT2D eigenvalue weighted by Crippen LogP contribution is 2.45. The first-order chi connectivity index (χ1) is 12.6. The molecular formula is C22H26O4. The number of esters is 1. The molecule has 1 heterocycles. The molecule has 1 aromatic rings. The molecule has 0 amide bonds. The molecule has 1 aliphatic carbocycles. The molecule has 1 aliphatic heterocycles. The van der Waals surface area contributed by atoms with Crippen molar-refractivity contribution in [1.82, 2.24) is 0 Å². The molecule has 3 rings (SSSR count).